The van der Waals surface area contributed by atoms with Crippen LogP contribution in [0, 0.1) is 50.2 Å². The fraction of sp³-hybridized carbons (Fsp3) is 0.936. The third-order valence-electron chi connectivity index (χ3n) is 19.0. The summed E-state index contributed by atoms with van der Waals surface area (Å²) in [5.41, 5.74) is 0.113. The van der Waals surface area contributed by atoms with E-state index in [1.807, 2.05) is 0 Å². The number of rotatable bonds is 8. The molecule has 16 heteroatoms. The number of aliphatic carboxylic acids is 1. The first-order valence-corrected chi connectivity index (χ1v) is 23.6. The largest absolute Gasteiger partial charge is 0.481 e. The van der Waals surface area contributed by atoms with E-state index in [2.05, 4.69) is 54.5 Å². The Kier molecular flexibility index (Phi) is 12.8. The van der Waals surface area contributed by atoms with E-state index in [1.165, 1.54) is 12.5 Å². The number of carboxylic acid groups (broad SMARTS) is 1. The van der Waals surface area contributed by atoms with E-state index in [4.69, 9.17) is 28.4 Å². The van der Waals surface area contributed by atoms with Gasteiger partial charge in [-0.2, -0.15) is 0 Å². The zero-order valence-corrected chi connectivity index (χ0v) is 38.3. The van der Waals surface area contributed by atoms with Gasteiger partial charge in [-0.3, -0.25) is 4.79 Å². The van der Waals surface area contributed by atoms with Gasteiger partial charge in [-0.15, -0.1) is 0 Å². The SMILES string of the molecule is C[C@@H]1O[C@@H](O[C@H]2C(O[C@H]3CC[C@]4(C)C5CC=C6[C@@H]7CC(C)(C)CC[C@]7(C(=O)O)CC[C@@]6(C)[C@]5(C)CC[C@H]4C3(C)C)OC[C@H](OC3O[C@H](CO)[C@@H](O)[C@H](O)[C@H]3O)[C@@H]2O)[C@H](O)[C@H](O)[C@H]1O. The number of ether oxygens (including phenoxy) is 6. The highest BCUT2D eigenvalue weighted by Crippen LogP contribution is 2.76. The molecule has 22 atom stereocenters. The van der Waals surface area contributed by atoms with Crippen LogP contribution in [0.2, 0.25) is 0 Å². The van der Waals surface area contributed by atoms with Crippen molar-refractivity contribution in [1.82, 2.24) is 0 Å². The molecule has 5 aliphatic carbocycles. The monoisotopic (exact) mass is 897 g/mol. The van der Waals surface area contributed by atoms with Crippen LogP contribution in [0.1, 0.15) is 120 Å². The fourth-order valence-electron chi connectivity index (χ4n) is 14.8. The van der Waals surface area contributed by atoms with E-state index >= 15 is 0 Å². The Hall–Kier alpha value is -1.35. The number of carbonyl (C=O) groups is 1. The summed E-state index contributed by atoms with van der Waals surface area (Å²) < 4.78 is 36.7. The van der Waals surface area contributed by atoms with E-state index in [0.717, 1.165) is 51.4 Å². The summed E-state index contributed by atoms with van der Waals surface area (Å²) in [6.07, 6.45) is -10.1. The zero-order valence-electron chi connectivity index (χ0n) is 38.3. The third kappa shape index (κ3) is 7.51. The predicted octanol–water partition coefficient (Wildman–Crippen LogP) is 2.37. The summed E-state index contributed by atoms with van der Waals surface area (Å²) in [6.45, 7) is 17.0. The highest BCUT2D eigenvalue weighted by molar-refractivity contribution is 5.76. The van der Waals surface area contributed by atoms with Crippen molar-refractivity contribution in [2.75, 3.05) is 13.2 Å². The molecule has 4 saturated carbocycles. The maximum absolute atomic E-state index is 13.1. The van der Waals surface area contributed by atoms with Crippen LogP contribution in [-0.2, 0) is 33.2 Å². The number of hydrogen-bond acceptors (Lipinski definition) is 15. The maximum Gasteiger partial charge on any atom is 0.310 e. The smallest absolute Gasteiger partial charge is 0.310 e. The molecule has 16 nitrogen and oxygen atoms in total. The van der Waals surface area contributed by atoms with Gasteiger partial charge in [-0.05, 0) is 116 Å². The quantitative estimate of drug-likeness (QED) is 0.125. The Balaban J connectivity index is 1.04. The van der Waals surface area contributed by atoms with Crippen molar-refractivity contribution < 1.29 is 79.2 Å². The van der Waals surface area contributed by atoms with Crippen molar-refractivity contribution in [3.63, 3.8) is 0 Å². The van der Waals surface area contributed by atoms with Gasteiger partial charge in [0, 0.05) is 0 Å². The molecule has 0 bridgehead atoms. The molecule has 0 amide bonds. The molecule has 63 heavy (non-hydrogen) atoms. The maximum atomic E-state index is 13.1. The summed E-state index contributed by atoms with van der Waals surface area (Å²) in [6, 6.07) is 0. The number of allylic oxidation sites excluding steroid dienone is 2. The first-order chi connectivity index (χ1) is 29.4. The van der Waals surface area contributed by atoms with Crippen LogP contribution >= 0.6 is 0 Å². The molecule has 3 heterocycles. The van der Waals surface area contributed by atoms with Crippen molar-refractivity contribution in [3.8, 4) is 0 Å². The molecule has 3 aliphatic heterocycles. The van der Waals surface area contributed by atoms with Gasteiger partial charge in [0.2, 0.25) is 0 Å². The first-order valence-electron chi connectivity index (χ1n) is 23.6. The minimum atomic E-state index is -1.75. The Morgan fingerprint density at radius 1 is 0.714 bits per heavy atom. The van der Waals surface area contributed by atoms with Gasteiger partial charge in [0.25, 0.3) is 0 Å². The van der Waals surface area contributed by atoms with Gasteiger partial charge < -0.3 is 74.4 Å². The standard InChI is InChI=1S/C47H76O16/c1-22-30(49)33(52)35(54)38(59-22)63-37-32(51)26(61-39-36(55)34(53)31(50)25(20-48)60-39)21-58-40(37)62-29-12-13-44(6)27(43(29,4)5)11-14-46(8)28(44)10-9-23-24-19-42(2,3)15-17-47(24,41(56)57)18-16-45(23,46)7/h9,22,24-40,48-55H,10-21H2,1-8H3,(H,56,57)/t22-,24-,25+,26-,27-,28?,29-,30-,31+,32-,33+,34-,35+,36+,37+,38-,39?,40?,44-,45+,46+,47-/m0/s1. The molecule has 8 rings (SSSR count). The summed E-state index contributed by atoms with van der Waals surface area (Å²) in [5.74, 6) is -0.0288. The third-order valence-corrected chi connectivity index (χ3v) is 19.0. The Morgan fingerprint density at radius 3 is 2.03 bits per heavy atom. The second kappa shape index (κ2) is 16.7. The van der Waals surface area contributed by atoms with Crippen LogP contribution in [0.25, 0.3) is 0 Å². The summed E-state index contributed by atoms with van der Waals surface area (Å²) >= 11 is 0. The van der Waals surface area contributed by atoms with Gasteiger partial charge in [-0.1, -0.05) is 60.1 Å². The molecule has 0 spiro atoms. The number of aliphatic hydroxyl groups excluding tert-OH is 8. The molecule has 3 unspecified atom stereocenters. The minimum Gasteiger partial charge on any atom is -0.481 e. The summed E-state index contributed by atoms with van der Waals surface area (Å²) in [5, 5.41) is 96.0. The van der Waals surface area contributed by atoms with Crippen LogP contribution in [0.5, 0.6) is 0 Å². The van der Waals surface area contributed by atoms with Crippen molar-refractivity contribution in [2.24, 2.45) is 50.2 Å². The summed E-state index contributed by atoms with van der Waals surface area (Å²) in [7, 11) is 0. The van der Waals surface area contributed by atoms with Crippen molar-refractivity contribution in [3.05, 3.63) is 11.6 Å². The van der Waals surface area contributed by atoms with Gasteiger partial charge in [0.1, 0.15) is 61.0 Å². The van der Waals surface area contributed by atoms with Crippen LogP contribution in [0.15, 0.2) is 11.6 Å². The zero-order chi connectivity index (χ0) is 46.0. The molecule has 0 aromatic heterocycles. The van der Waals surface area contributed by atoms with Crippen LogP contribution in [0.3, 0.4) is 0 Å². The molecule has 0 aromatic carbocycles. The normalized spacial score (nSPS) is 54.1. The summed E-state index contributed by atoms with van der Waals surface area (Å²) in [4.78, 5) is 13.1. The second-order valence-electron chi connectivity index (χ2n) is 23.0. The second-order valence-corrected chi connectivity index (χ2v) is 23.0. The molecule has 0 radical (unpaired) electrons. The minimum absolute atomic E-state index is 0.0289. The lowest BCUT2D eigenvalue weighted by molar-refractivity contribution is -0.380. The highest BCUT2D eigenvalue weighted by atomic mass is 16.8. The molecule has 360 valence electrons. The van der Waals surface area contributed by atoms with Crippen LogP contribution < -0.4 is 0 Å². The molecule has 9 N–H and O–H groups in total. The molecule has 0 aromatic rings. The van der Waals surface area contributed by atoms with Crippen molar-refractivity contribution in [1.29, 1.82) is 0 Å². The van der Waals surface area contributed by atoms with E-state index in [-0.39, 0.29) is 46.2 Å². The first kappa shape index (κ1) is 48.1. The topological polar surface area (TPSA) is 255 Å². The van der Waals surface area contributed by atoms with Gasteiger partial charge in [0.15, 0.2) is 18.9 Å². The predicted molar refractivity (Wildman–Crippen MR) is 223 cm³/mol. The molecule has 8 aliphatic rings. The molecular weight excluding hydrogens is 821 g/mol. The molecular formula is C47H76O16. The Morgan fingerprint density at radius 2 is 1.37 bits per heavy atom. The van der Waals surface area contributed by atoms with Crippen molar-refractivity contribution >= 4 is 5.97 Å². The van der Waals surface area contributed by atoms with Gasteiger partial charge in [0.05, 0.1) is 30.8 Å². The van der Waals surface area contributed by atoms with Gasteiger partial charge in [-0.25, -0.2) is 0 Å². The van der Waals surface area contributed by atoms with Gasteiger partial charge >= 0.3 is 5.97 Å². The number of carboxylic acids is 1. The van der Waals surface area contributed by atoms with Crippen molar-refractivity contribution in [2.45, 2.75) is 212 Å². The Bertz CT molecular complexity index is 1720. The lowest BCUT2D eigenvalue weighted by atomic mass is 9.33. The van der Waals surface area contributed by atoms with E-state index in [9.17, 15) is 50.8 Å². The number of aliphatic hydroxyl groups is 8. The average molecular weight is 897 g/mol. The molecule has 3 saturated heterocycles. The van der Waals surface area contributed by atoms with E-state index in [1.54, 1.807) is 0 Å². The van der Waals surface area contributed by atoms with E-state index in [0.29, 0.717) is 18.8 Å². The lowest BCUT2D eigenvalue weighted by Gasteiger charge is -2.71. The lowest BCUT2D eigenvalue weighted by Crippen LogP contribution is -2.66. The fourth-order valence-corrected chi connectivity index (χ4v) is 14.8. The number of fused-ring (bicyclic) bond motifs is 7. The Labute approximate surface area is 371 Å². The molecule has 7 fully saturated rings. The van der Waals surface area contributed by atoms with Crippen LogP contribution in [-0.4, -0.2) is 157 Å². The number of hydrogen-bond donors (Lipinski definition) is 9. The van der Waals surface area contributed by atoms with Crippen LogP contribution in [0.4, 0.5) is 0 Å². The van der Waals surface area contributed by atoms with E-state index < -0.39 is 109 Å². The highest BCUT2D eigenvalue weighted by Gasteiger charge is 2.70. The average Bonchev–Trinajstić information content (AvgIpc) is 3.22.